The number of para-hydroxylation sites is 1. The summed E-state index contributed by atoms with van der Waals surface area (Å²) >= 11 is 0. The zero-order valence-corrected chi connectivity index (χ0v) is 13.4. The average molecular weight is 308 g/mol. The minimum Gasteiger partial charge on any atom is -0.436 e. The molecule has 3 rings (SSSR count). The molecule has 2 aromatic carbocycles. The van der Waals surface area contributed by atoms with Gasteiger partial charge in [-0.25, -0.2) is 4.98 Å². The number of nitrogens with zero attached hydrogens (tertiary/aromatic N) is 1. The van der Waals surface area contributed by atoms with Crippen LogP contribution < -0.4 is 5.32 Å². The van der Waals surface area contributed by atoms with Crippen LogP contribution in [-0.4, -0.2) is 10.9 Å². The van der Waals surface area contributed by atoms with Gasteiger partial charge in [0.25, 0.3) is 0 Å². The molecule has 3 aromatic rings. The summed E-state index contributed by atoms with van der Waals surface area (Å²) in [4.78, 5) is 16.6. The highest BCUT2D eigenvalue weighted by Crippen LogP contribution is 2.30. The number of aryl methyl sites for hydroxylation is 1. The van der Waals surface area contributed by atoms with Crippen LogP contribution in [0.1, 0.15) is 31.7 Å². The molecule has 118 valence electrons. The molecule has 0 bridgehead atoms. The van der Waals surface area contributed by atoms with Crippen molar-refractivity contribution in [1.29, 1.82) is 0 Å². The van der Waals surface area contributed by atoms with Crippen LogP contribution in [0.25, 0.3) is 22.6 Å². The van der Waals surface area contributed by atoms with Gasteiger partial charge in [-0.15, -0.1) is 0 Å². The standard InChI is InChI=1S/C19H20N2O2/c1-3-4-9-18(22)20-15-8-6-5-7-14(15)19-21-16-12-13(2)10-11-17(16)23-19/h5-8,10-12H,3-4,9H2,1-2H3,(H,20,22). The summed E-state index contributed by atoms with van der Waals surface area (Å²) in [7, 11) is 0. The Labute approximate surface area is 135 Å². The molecule has 0 saturated heterocycles. The minimum absolute atomic E-state index is 0.0197. The lowest BCUT2D eigenvalue weighted by molar-refractivity contribution is -0.116. The first kappa shape index (κ1) is 15.3. The van der Waals surface area contributed by atoms with Crippen molar-refractivity contribution in [1.82, 2.24) is 4.98 Å². The number of carbonyl (C=O) groups excluding carboxylic acids is 1. The molecule has 0 atom stereocenters. The van der Waals surface area contributed by atoms with Crippen LogP contribution in [0.4, 0.5) is 5.69 Å². The van der Waals surface area contributed by atoms with E-state index in [0.29, 0.717) is 12.3 Å². The maximum absolute atomic E-state index is 12.0. The zero-order chi connectivity index (χ0) is 16.2. The molecule has 0 aliphatic carbocycles. The highest BCUT2D eigenvalue weighted by atomic mass is 16.3. The van der Waals surface area contributed by atoms with E-state index in [-0.39, 0.29) is 5.91 Å². The van der Waals surface area contributed by atoms with Gasteiger partial charge in [-0.1, -0.05) is 31.5 Å². The number of benzene rings is 2. The van der Waals surface area contributed by atoms with E-state index in [9.17, 15) is 4.79 Å². The summed E-state index contributed by atoms with van der Waals surface area (Å²) in [5.41, 5.74) is 4.24. The van der Waals surface area contributed by atoms with E-state index in [1.165, 1.54) is 0 Å². The van der Waals surface area contributed by atoms with Crippen molar-refractivity contribution >= 4 is 22.7 Å². The average Bonchev–Trinajstić information content (AvgIpc) is 2.96. The Hall–Kier alpha value is -2.62. The van der Waals surface area contributed by atoms with Crippen molar-refractivity contribution in [2.45, 2.75) is 33.1 Å². The van der Waals surface area contributed by atoms with Crippen molar-refractivity contribution in [2.24, 2.45) is 0 Å². The van der Waals surface area contributed by atoms with Gasteiger partial charge in [-0.3, -0.25) is 4.79 Å². The Morgan fingerprint density at radius 1 is 1.22 bits per heavy atom. The highest BCUT2D eigenvalue weighted by Gasteiger charge is 2.13. The number of nitrogens with one attached hydrogen (secondary N) is 1. The summed E-state index contributed by atoms with van der Waals surface area (Å²) in [5.74, 6) is 0.545. The Bertz CT molecular complexity index is 836. The number of aromatic nitrogens is 1. The second kappa shape index (κ2) is 6.65. The Balaban J connectivity index is 1.93. The van der Waals surface area contributed by atoms with Gasteiger partial charge in [-0.2, -0.15) is 0 Å². The maximum Gasteiger partial charge on any atom is 0.229 e. The second-order valence-electron chi connectivity index (χ2n) is 5.69. The van der Waals surface area contributed by atoms with Crippen LogP contribution in [-0.2, 0) is 4.79 Å². The molecule has 1 amide bonds. The van der Waals surface area contributed by atoms with E-state index in [4.69, 9.17) is 4.42 Å². The largest absolute Gasteiger partial charge is 0.436 e. The third-order valence-corrected chi connectivity index (χ3v) is 3.73. The van der Waals surface area contributed by atoms with Crippen LogP contribution >= 0.6 is 0 Å². The lowest BCUT2D eigenvalue weighted by Crippen LogP contribution is -2.11. The van der Waals surface area contributed by atoms with E-state index in [1.807, 2.05) is 49.4 Å². The summed E-state index contributed by atoms with van der Waals surface area (Å²) < 4.78 is 5.85. The van der Waals surface area contributed by atoms with E-state index in [2.05, 4.69) is 17.2 Å². The molecule has 0 spiro atoms. The molecular formula is C19H20N2O2. The number of fused-ring (bicyclic) bond motifs is 1. The van der Waals surface area contributed by atoms with Crippen LogP contribution in [0, 0.1) is 6.92 Å². The number of oxazole rings is 1. The smallest absolute Gasteiger partial charge is 0.229 e. The van der Waals surface area contributed by atoms with Gasteiger partial charge in [0.05, 0.1) is 11.3 Å². The van der Waals surface area contributed by atoms with Gasteiger partial charge >= 0.3 is 0 Å². The fourth-order valence-electron chi connectivity index (χ4n) is 2.48. The molecule has 4 heteroatoms. The number of amides is 1. The molecule has 0 aliphatic rings. The van der Waals surface area contributed by atoms with Gasteiger partial charge in [-0.05, 0) is 43.2 Å². The van der Waals surface area contributed by atoms with Crippen molar-refractivity contribution < 1.29 is 9.21 Å². The van der Waals surface area contributed by atoms with Gasteiger partial charge in [0, 0.05) is 6.42 Å². The molecule has 0 fully saturated rings. The first-order valence-electron chi connectivity index (χ1n) is 7.94. The van der Waals surface area contributed by atoms with Gasteiger partial charge in [0.2, 0.25) is 11.8 Å². The number of carbonyl (C=O) groups is 1. The molecule has 4 nitrogen and oxygen atoms in total. The molecule has 0 radical (unpaired) electrons. The fourth-order valence-corrected chi connectivity index (χ4v) is 2.48. The summed E-state index contributed by atoms with van der Waals surface area (Å²) in [6.07, 6.45) is 2.41. The van der Waals surface area contributed by atoms with Crippen molar-refractivity contribution in [2.75, 3.05) is 5.32 Å². The molecule has 1 N–H and O–H groups in total. The molecule has 0 saturated carbocycles. The SMILES string of the molecule is CCCCC(=O)Nc1ccccc1-c1nc2cc(C)ccc2o1. The Morgan fingerprint density at radius 2 is 2.04 bits per heavy atom. The van der Waals surface area contributed by atoms with E-state index < -0.39 is 0 Å². The van der Waals surface area contributed by atoms with E-state index in [1.54, 1.807) is 0 Å². The van der Waals surface area contributed by atoms with Crippen molar-refractivity contribution in [3.05, 3.63) is 48.0 Å². The van der Waals surface area contributed by atoms with Crippen LogP contribution in [0.5, 0.6) is 0 Å². The van der Waals surface area contributed by atoms with Crippen LogP contribution in [0.3, 0.4) is 0 Å². The highest BCUT2D eigenvalue weighted by molar-refractivity contribution is 5.95. The normalized spacial score (nSPS) is 10.9. The predicted molar refractivity (Wildman–Crippen MR) is 92.3 cm³/mol. The quantitative estimate of drug-likeness (QED) is 0.727. The second-order valence-corrected chi connectivity index (χ2v) is 5.69. The van der Waals surface area contributed by atoms with Crippen molar-refractivity contribution in [3.63, 3.8) is 0 Å². The Kier molecular flexibility index (Phi) is 4.42. The third-order valence-electron chi connectivity index (χ3n) is 3.73. The number of rotatable bonds is 5. The molecule has 0 unspecified atom stereocenters. The molecule has 0 aliphatic heterocycles. The molecule has 1 aromatic heterocycles. The monoisotopic (exact) mass is 308 g/mol. The lowest BCUT2D eigenvalue weighted by atomic mass is 10.1. The van der Waals surface area contributed by atoms with E-state index in [0.717, 1.165) is 40.8 Å². The predicted octanol–water partition coefficient (Wildman–Crippen LogP) is 4.93. The number of anilines is 1. The number of unbranched alkanes of at least 4 members (excludes halogenated alkanes) is 1. The topological polar surface area (TPSA) is 55.1 Å². The lowest BCUT2D eigenvalue weighted by Gasteiger charge is -2.08. The molecular weight excluding hydrogens is 288 g/mol. The fraction of sp³-hybridized carbons (Fsp3) is 0.263. The molecule has 1 heterocycles. The molecule has 23 heavy (non-hydrogen) atoms. The summed E-state index contributed by atoms with van der Waals surface area (Å²) in [5, 5.41) is 2.96. The maximum atomic E-state index is 12.0. The summed E-state index contributed by atoms with van der Waals surface area (Å²) in [6.45, 7) is 4.09. The number of hydrogen-bond acceptors (Lipinski definition) is 3. The first-order chi connectivity index (χ1) is 11.2. The van der Waals surface area contributed by atoms with E-state index >= 15 is 0 Å². The van der Waals surface area contributed by atoms with Gasteiger partial charge in [0.15, 0.2) is 5.58 Å². The van der Waals surface area contributed by atoms with Crippen molar-refractivity contribution in [3.8, 4) is 11.5 Å². The Morgan fingerprint density at radius 3 is 2.87 bits per heavy atom. The van der Waals surface area contributed by atoms with Crippen LogP contribution in [0.15, 0.2) is 46.9 Å². The summed E-state index contributed by atoms with van der Waals surface area (Å²) in [6, 6.07) is 13.5. The zero-order valence-electron chi connectivity index (χ0n) is 13.4. The van der Waals surface area contributed by atoms with Gasteiger partial charge < -0.3 is 9.73 Å². The van der Waals surface area contributed by atoms with Crippen LogP contribution in [0.2, 0.25) is 0 Å². The van der Waals surface area contributed by atoms with Gasteiger partial charge in [0.1, 0.15) is 5.52 Å². The minimum atomic E-state index is 0.0197. The third kappa shape index (κ3) is 3.42. The first-order valence-corrected chi connectivity index (χ1v) is 7.94. The number of hydrogen-bond donors (Lipinski definition) is 1.